The summed E-state index contributed by atoms with van der Waals surface area (Å²) in [5, 5.41) is 17.2. The van der Waals surface area contributed by atoms with Gasteiger partial charge in [-0.2, -0.15) is 26.3 Å². The van der Waals surface area contributed by atoms with Crippen LogP contribution in [0, 0.1) is 17.3 Å². The van der Waals surface area contributed by atoms with Crippen LogP contribution in [-0.4, -0.2) is 34.6 Å². The van der Waals surface area contributed by atoms with Crippen molar-refractivity contribution in [2.24, 2.45) is 17.3 Å². The number of aliphatic hydroxyl groups is 1. The van der Waals surface area contributed by atoms with Gasteiger partial charge >= 0.3 is 12.4 Å². The second-order valence-corrected chi connectivity index (χ2v) is 6.82. The van der Waals surface area contributed by atoms with Crippen molar-refractivity contribution >= 4 is 6.47 Å². The van der Waals surface area contributed by atoms with Crippen molar-refractivity contribution in [3.8, 4) is 0 Å². The van der Waals surface area contributed by atoms with Gasteiger partial charge in [0.05, 0.1) is 0 Å². The van der Waals surface area contributed by atoms with Gasteiger partial charge in [-0.15, -0.1) is 6.58 Å². The third-order valence-electron chi connectivity index (χ3n) is 5.62. The summed E-state index contributed by atoms with van der Waals surface area (Å²) in [6.45, 7) is 6.40. The first-order valence-corrected chi connectivity index (χ1v) is 8.92. The number of hydrogen-bond acceptors (Lipinski definition) is 2. The molecule has 0 aliphatic heterocycles. The molecule has 0 saturated heterocycles. The molecule has 1 saturated carbocycles. The van der Waals surface area contributed by atoms with Gasteiger partial charge in [-0.05, 0) is 31.1 Å². The monoisotopic (exact) mass is 406 g/mol. The van der Waals surface area contributed by atoms with Gasteiger partial charge in [0, 0.05) is 5.41 Å². The molecule has 1 rings (SSSR count). The van der Waals surface area contributed by atoms with E-state index in [1.807, 2.05) is 0 Å². The zero-order chi connectivity index (χ0) is 21.5. The number of carboxylic acid groups (broad SMARTS) is 1. The summed E-state index contributed by atoms with van der Waals surface area (Å²) >= 11 is 0. The van der Waals surface area contributed by atoms with Gasteiger partial charge in [-0.25, -0.2) is 0 Å². The first kappa shape index (κ1) is 25.8. The third kappa shape index (κ3) is 4.60. The van der Waals surface area contributed by atoms with Crippen molar-refractivity contribution in [2.45, 2.75) is 76.7 Å². The minimum atomic E-state index is -5.83. The Labute approximate surface area is 155 Å². The normalized spacial score (nSPS) is 19.6. The van der Waals surface area contributed by atoms with Crippen LogP contribution in [0.5, 0.6) is 0 Å². The number of alkyl halides is 6. The predicted octanol–water partition coefficient (Wildman–Crippen LogP) is 5.73. The Balaban J connectivity index is 0.00000210. The van der Waals surface area contributed by atoms with Crippen molar-refractivity contribution < 1.29 is 41.4 Å². The molecule has 2 N–H and O–H groups in total. The Morgan fingerprint density at radius 3 is 1.74 bits per heavy atom. The van der Waals surface area contributed by atoms with Crippen molar-refractivity contribution in [3.05, 3.63) is 12.7 Å². The minimum Gasteiger partial charge on any atom is -0.483 e. The van der Waals surface area contributed by atoms with Crippen LogP contribution in [0.2, 0.25) is 0 Å². The SMILES string of the molecule is C=CC(C(CC)CCC)(C1CCCC1)C(O)(C(F)(F)F)C(F)(F)F.O=CO. The zero-order valence-corrected chi connectivity index (χ0v) is 15.5. The molecule has 1 fully saturated rings. The van der Waals surface area contributed by atoms with E-state index in [0.717, 1.165) is 6.08 Å². The summed E-state index contributed by atoms with van der Waals surface area (Å²) in [4.78, 5) is 8.36. The Morgan fingerprint density at radius 2 is 1.48 bits per heavy atom. The van der Waals surface area contributed by atoms with Crippen LogP contribution in [0.15, 0.2) is 12.7 Å². The first-order valence-electron chi connectivity index (χ1n) is 8.92. The molecule has 27 heavy (non-hydrogen) atoms. The molecule has 0 radical (unpaired) electrons. The second kappa shape index (κ2) is 9.80. The van der Waals surface area contributed by atoms with E-state index in [2.05, 4.69) is 6.58 Å². The lowest BCUT2D eigenvalue weighted by Crippen LogP contribution is -2.70. The van der Waals surface area contributed by atoms with Crippen LogP contribution in [0.25, 0.3) is 0 Å². The van der Waals surface area contributed by atoms with E-state index in [-0.39, 0.29) is 32.2 Å². The summed E-state index contributed by atoms with van der Waals surface area (Å²) < 4.78 is 81.9. The summed E-state index contributed by atoms with van der Waals surface area (Å²) in [6.07, 6.45) is -8.57. The highest BCUT2D eigenvalue weighted by Crippen LogP contribution is 2.63. The molecule has 9 heteroatoms. The summed E-state index contributed by atoms with van der Waals surface area (Å²) in [7, 11) is 0. The van der Waals surface area contributed by atoms with Gasteiger partial charge in [-0.3, -0.25) is 4.79 Å². The van der Waals surface area contributed by atoms with Gasteiger partial charge in [0.1, 0.15) is 0 Å². The van der Waals surface area contributed by atoms with Crippen LogP contribution in [0.4, 0.5) is 26.3 Å². The molecular formula is C18H28F6O3. The molecule has 2 unspecified atom stereocenters. The van der Waals surface area contributed by atoms with E-state index in [1.165, 1.54) is 0 Å². The second-order valence-electron chi connectivity index (χ2n) is 6.82. The Kier molecular flexibility index (Phi) is 9.34. The summed E-state index contributed by atoms with van der Waals surface area (Å²) in [5.41, 5.74) is -7.26. The maximum Gasteiger partial charge on any atom is 0.427 e. The van der Waals surface area contributed by atoms with E-state index in [0.29, 0.717) is 19.3 Å². The lowest BCUT2D eigenvalue weighted by molar-refractivity contribution is -0.409. The standard InChI is InChI=1S/C17H26F6O.CH2O2/c1-4-9-12(5-2)14(6-3,13-10-7-8-11-13)15(24,16(18,19)20)17(21,22)23;2-1-3/h6,12-13,24H,3-5,7-11H2,1-2H3;1H,(H,2,3). The van der Waals surface area contributed by atoms with Crippen molar-refractivity contribution in [2.75, 3.05) is 0 Å². The molecular weight excluding hydrogens is 378 g/mol. The molecule has 0 spiro atoms. The molecule has 0 aromatic heterocycles. The summed E-state index contributed by atoms with van der Waals surface area (Å²) in [5.74, 6) is -1.84. The predicted molar refractivity (Wildman–Crippen MR) is 89.0 cm³/mol. The van der Waals surface area contributed by atoms with Gasteiger partial charge in [0.2, 0.25) is 0 Å². The molecule has 160 valence electrons. The van der Waals surface area contributed by atoms with Crippen LogP contribution < -0.4 is 0 Å². The van der Waals surface area contributed by atoms with E-state index in [4.69, 9.17) is 9.90 Å². The molecule has 0 bridgehead atoms. The topological polar surface area (TPSA) is 57.5 Å². The Morgan fingerprint density at radius 1 is 1.07 bits per heavy atom. The summed E-state index contributed by atoms with van der Waals surface area (Å²) in [6, 6.07) is 0. The molecule has 1 aliphatic carbocycles. The average Bonchev–Trinajstić information content (AvgIpc) is 3.08. The molecule has 0 aromatic carbocycles. The fraction of sp³-hybridized carbons (Fsp3) is 0.833. The fourth-order valence-corrected chi connectivity index (χ4v) is 4.59. The van der Waals surface area contributed by atoms with Crippen molar-refractivity contribution in [3.63, 3.8) is 0 Å². The quantitative estimate of drug-likeness (QED) is 0.322. The maximum absolute atomic E-state index is 13.7. The van der Waals surface area contributed by atoms with Crippen molar-refractivity contribution in [1.29, 1.82) is 0 Å². The third-order valence-corrected chi connectivity index (χ3v) is 5.62. The minimum absolute atomic E-state index is 0.116. The molecule has 2 atom stereocenters. The van der Waals surface area contributed by atoms with Gasteiger partial charge < -0.3 is 10.2 Å². The highest BCUT2D eigenvalue weighted by atomic mass is 19.4. The van der Waals surface area contributed by atoms with E-state index in [1.54, 1.807) is 13.8 Å². The average molecular weight is 406 g/mol. The maximum atomic E-state index is 13.7. The zero-order valence-electron chi connectivity index (χ0n) is 15.5. The van der Waals surface area contributed by atoms with Gasteiger partial charge in [0.25, 0.3) is 12.1 Å². The lowest BCUT2D eigenvalue weighted by Gasteiger charge is -2.54. The van der Waals surface area contributed by atoms with Crippen LogP contribution in [0.1, 0.15) is 58.8 Å². The van der Waals surface area contributed by atoms with Crippen LogP contribution in [-0.2, 0) is 4.79 Å². The fourth-order valence-electron chi connectivity index (χ4n) is 4.59. The Hall–Kier alpha value is -1.25. The molecule has 0 amide bonds. The highest BCUT2D eigenvalue weighted by Gasteiger charge is 2.80. The molecule has 0 heterocycles. The molecule has 1 aliphatic rings. The van der Waals surface area contributed by atoms with E-state index in [9.17, 15) is 31.4 Å². The number of rotatable bonds is 7. The smallest absolute Gasteiger partial charge is 0.427 e. The van der Waals surface area contributed by atoms with Crippen LogP contribution >= 0.6 is 0 Å². The lowest BCUT2D eigenvalue weighted by atomic mass is 9.54. The number of hydrogen-bond donors (Lipinski definition) is 2. The Bertz CT molecular complexity index is 455. The number of halogens is 6. The highest BCUT2D eigenvalue weighted by molar-refractivity contribution is 5.32. The van der Waals surface area contributed by atoms with Gasteiger partial charge in [0.15, 0.2) is 0 Å². The molecule has 0 aromatic rings. The largest absolute Gasteiger partial charge is 0.483 e. The number of carbonyl (C=O) groups is 1. The first-order chi connectivity index (χ1) is 12.3. The molecule has 3 nitrogen and oxygen atoms in total. The van der Waals surface area contributed by atoms with E-state index >= 15 is 0 Å². The van der Waals surface area contributed by atoms with Crippen molar-refractivity contribution in [1.82, 2.24) is 0 Å². The van der Waals surface area contributed by atoms with Gasteiger partial charge in [-0.1, -0.05) is 45.6 Å². The van der Waals surface area contributed by atoms with Crippen LogP contribution in [0.3, 0.4) is 0 Å². The van der Waals surface area contributed by atoms with E-state index < -0.39 is 35.2 Å².